The van der Waals surface area contributed by atoms with Gasteiger partial charge in [-0.25, -0.2) is 4.79 Å². The Bertz CT molecular complexity index is 628. The highest BCUT2D eigenvalue weighted by Crippen LogP contribution is 2.12. The molecule has 0 aliphatic carbocycles. The summed E-state index contributed by atoms with van der Waals surface area (Å²) in [4.78, 5) is 45.6. The molecule has 25 heavy (non-hydrogen) atoms. The SMILES string of the molecule is CCOC(=O)CC[C@@H](NC(=O)c1ccc([N+](=O)[O-])cc1)C(=O)OCC. The van der Waals surface area contributed by atoms with Crippen molar-refractivity contribution in [3.8, 4) is 0 Å². The molecule has 9 heteroatoms. The smallest absolute Gasteiger partial charge is 0.328 e. The van der Waals surface area contributed by atoms with E-state index in [-0.39, 0.29) is 37.3 Å². The molecular formula is C16H20N2O7. The van der Waals surface area contributed by atoms with Gasteiger partial charge >= 0.3 is 11.9 Å². The zero-order valence-electron chi connectivity index (χ0n) is 14.0. The van der Waals surface area contributed by atoms with E-state index < -0.39 is 28.8 Å². The number of amides is 1. The summed E-state index contributed by atoms with van der Waals surface area (Å²) >= 11 is 0. The van der Waals surface area contributed by atoms with Crippen LogP contribution < -0.4 is 5.32 Å². The van der Waals surface area contributed by atoms with Crippen molar-refractivity contribution in [2.45, 2.75) is 32.7 Å². The maximum absolute atomic E-state index is 12.2. The van der Waals surface area contributed by atoms with Crippen LogP contribution in [-0.2, 0) is 19.1 Å². The molecule has 0 saturated carbocycles. The minimum atomic E-state index is -1.02. The lowest BCUT2D eigenvalue weighted by Crippen LogP contribution is -2.42. The van der Waals surface area contributed by atoms with Crippen molar-refractivity contribution in [3.63, 3.8) is 0 Å². The first-order valence-electron chi connectivity index (χ1n) is 7.76. The highest BCUT2D eigenvalue weighted by molar-refractivity contribution is 5.97. The van der Waals surface area contributed by atoms with Crippen molar-refractivity contribution >= 4 is 23.5 Å². The Hall–Kier alpha value is -2.97. The summed E-state index contributed by atoms with van der Waals surface area (Å²) in [6, 6.07) is 3.91. The van der Waals surface area contributed by atoms with Gasteiger partial charge in [0.25, 0.3) is 11.6 Å². The van der Waals surface area contributed by atoms with Gasteiger partial charge in [0, 0.05) is 24.1 Å². The number of benzene rings is 1. The fourth-order valence-electron chi connectivity index (χ4n) is 1.96. The number of esters is 2. The van der Waals surface area contributed by atoms with E-state index in [2.05, 4.69) is 5.32 Å². The molecule has 1 N–H and O–H groups in total. The van der Waals surface area contributed by atoms with Crippen molar-refractivity contribution in [2.75, 3.05) is 13.2 Å². The lowest BCUT2D eigenvalue weighted by Gasteiger charge is -2.17. The number of carbonyl (C=O) groups is 3. The molecule has 1 rings (SSSR count). The Morgan fingerprint density at radius 2 is 1.72 bits per heavy atom. The minimum Gasteiger partial charge on any atom is -0.466 e. The van der Waals surface area contributed by atoms with Gasteiger partial charge in [-0.05, 0) is 32.4 Å². The van der Waals surface area contributed by atoms with Crippen LogP contribution in [-0.4, -0.2) is 42.0 Å². The quantitative estimate of drug-likeness (QED) is 0.406. The van der Waals surface area contributed by atoms with E-state index in [1.807, 2.05) is 0 Å². The number of rotatable bonds is 9. The summed E-state index contributed by atoms with van der Waals surface area (Å²) in [5.41, 5.74) is -0.00293. The van der Waals surface area contributed by atoms with Crippen LogP contribution in [0.5, 0.6) is 0 Å². The second-order valence-electron chi connectivity index (χ2n) is 4.93. The number of nitrogens with zero attached hydrogens (tertiary/aromatic N) is 1. The maximum Gasteiger partial charge on any atom is 0.328 e. The molecule has 0 spiro atoms. The number of carbonyl (C=O) groups excluding carboxylic acids is 3. The normalized spacial score (nSPS) is 11.3. The van der Waals surface area contributed by atoms with Crippen LogP contribution in [0.25, 0.3) is 0 Å². The molecule has 136 valence electrons. The first-order valence-corrected chi connectivity index (χ1v) is 7.76. The average Bonchev–Trinajstić information content (AvgIpc) is 2.58. The number of nitrogens with one attached hydrogen (secondary N) is 1. The first kappa shape index (κ1) is 20.1. The molecular weight excluding hydrogens is 332 g/mol. The van der Waals surface area contributed by atoms with Gasteiger partial charge in [-0.2, -0.15) is 0 Å². The van der Waals surface area contributed by atoms with Crippen LogP contribution in [0, 0.1) is 10.1 Å². The van der Waals surface area contributed by atoms with E-state index in [0.29, 0.717) is 0 Å². The van der Waals surface area contributed by atoms with E-state index in [1.165, 1.54) is 24.3 Å². The van der Waals surface area contributed by atoms with Gasteiger partial charge in [0.05, 0.1) is 18.1 Å². The second-order valence-corrected chi connectivity index (χ2v) is 4.93. The van der Waals surface area contributed by atoms with E-state index >= 15 is 0 Å². The lowest BCUT2D eigenvalue weighted by molar-refractivity contribution is -0.384. The molecule has 0 aliphatic rings. The maximum atomic E-state index is 12.2. The summed E-state index contributed by atoms with van der Waals surface area (Å²) in [6.07, 6.45) is -0.0335. The number of nitro groups is 1. The Morgan fingerprint density at radius 1 is 1.12 bits per heavy atom. The van der Waals surface area contributed by atoms with Crippen LogP contribution >= 0.6 is 0 Å². The third kappa shape index (κ3) is 6.58. The molecule has 1 amide bonds. The molecule has 9 nitrogen and oxygen atoms in total. The fraction of sp³-hybridized carbons (Fsp3) is 0.438. The molecule has 0 bridgehead atoms. The van der Waals surface area contributed by atoms with E-state index in [4.69, 9.17) is 9.47 Å². The molecule has 1 atom stereocenters. The third-order valence-electron chi connectivity index (χ3n) is 3.16. The first-order chi connectivity index (χ1) is 11.9. The molecule has 0 unspecified atom stereocenters. The number of hydrogen-bond donors (Lipinski definition) is 1. The number of hydrogen-bond acceptors (Lipinski definition) is 7. The van der Waals surface area contributed by atoms with Crippen molar-refractivity contribution in [1.82, 2.24) is 5.32 Å². The van der Waals surface area contributed by atoms with Crippen molar-refractivity contribution in [1.29, 1.82) is 0 Å². The van der Waals surface area contributed by atoms with Gasteiger partial charge in [-0.15, -0.1) is 0 Å². The van der Waals surface area contributed by atoms with E-state index in [0.717, 1.165) is 0 Å². The zero-order chi connectivity index (χ0) is 18.8. The van der Waals surface area contributed by atoms with Crippen LogP contribution in [0.15, 0.2) is 24.3 Å². The molecule has 0 saturated heterocycles. The number of non-ortho nitro benzene ring substituents is 1. The lowest BCUT2D eigenvalue weighted by atomic mass is 10.1. The predicted molar refractivity (Wildman–Crippen MR) is 86.9 cm³/mol. The number of nitro benzene ring substituents is 1. The number of ether oxygens (including phenoxy) is 2. The second kappa shape index (κ2) is 10.0. The molecule has 0 aromatic heterocycles. The predicted octanol–water partition coefficient (Wildman–Crippen LogP) is 1.60. The van der Waals surface area contributed by atoms with Crippen molar-refractivity contribution in [2.24, 2.45) is 0 Å². The topological polar surface area (TPSA) is 125 Å². The van der Waals surface area contributed by atoms with Gasteiger partial charge in [-0.1, -0.05) is 0 Å². The van der Waals surface area contributed by atoms with Crippen LogP contribution in [0.2, 0.25) is 0 Å². The molecule has 1 aromatic carbocycles. The fourth-order valence-corrected chi connectivity index (χ4v) is 1.96. The van der Waals surface area contributed by atoms with Crippen LogP contribution in [0.3, 0.4) is 0 Å². The Balaban J connectivity index is 2.77. The van der Waals surface area contributed by atoms with E-state index in [1.54, 1.807) is 13.8 Å². The molecule has 1 aromatic rings. The highest BCUT2D eigenvalue weighted by Gasteiger charge is 2.24. The van der Waals surface area contributed by atoms with Crippen LogP contribution in [0.4, 0.5) is 5.69 Å². The van der Waals surface area contributed by atoms with Gasteiger partial charge in [0.2, 0.25) is 0 Å². The summed E-state index contributed by atoms with van der Waals surface area (Å²) in [5.74, 6) is -1.75. The van der Waals surface area contributed by atoms with Gasteiger partial charge in [-0.3, -0.25) is 19.7 Å². The largest absolute Gasteiger partial charge is 0.466 e. The summed E-state index contributed by atoms with van der Waals surface area (Å²) in [5, 5.41) is 13.1. The van der Waals surface area contributed by atoms with E-state index in [9.17, 15) is 24.5 Å². The third-order valence-corrected chi connectivity index (χ3v) is 3.16. The summed E-state index contributed by atoms with van der Waals surface area (Å²) in [7, 11) is 0. The average molecular weight is 352 g/mol. The monoisotopic (exact) mass is 352 g/mol. The molecule has 0 radical (unpaired) electrons. The van der Waals surface area contributed by atoms with Crippen molar-refractivity contribution in [3.05, 3.63) is 39.9 Å². The Morgan fingerprint density at radius 3 is 2.24 bits per heavy atom. The van der Waals surface area contributed by atoms with Crippen LogP contribution in [0.1, 0.15) is 37.0 Å². The van der Waals surface area contributed by atoms with Crippen molar-refractivity contribution < 1.29 is 28.8 Å². The van der Waals surface area contributed by atoms with Gasteiger partial charge in [0.15, 0.2) is 0 Å². The minimum absolute atomic E-state index is 0.0242. The summed E-state index contributed by atoms with van der Waals surface area (Å²) in [6.45, 7) is 3.63. The van der Waals surface area contributed by atoms with Gasteiger partial charge < -0.3 is 14.8 Å². The standard InChI is InChI=1S/C16H20N2O7/c1-3-24-14(19)10-9-13(16(21)25-4-2)17-15(20)11-5-7-12(8-6-11)18(22)23/h5-8,13H,3-4,9-10H2,1-2H3,(H,17,20)/t13-/m1/s1. The highest BCUT2D eigenvalue weighted by atomic mass is 16.6. The molecule has 0 aliphatic heterocycles. The molecule has 0 fully saturated rings. The zero-order valence-corrected chi connectivity index (χ0v) is 14.0. The Kier molecular flexibility index (Phi) is 8.04. The molecule has 0 heterocycles. The Labute approximate surface area is 144 Å². The van der Waals surface area contributed by atoms with Gasteiger partial charge in [0.1, 0.15) is 6.04 Å². The summed E-state index contributed by atoms with van der Waals surface area (Å²) < 4.78 is 9.68.